The molecule has 2 N–H and O–H groups in total. The van der Waals surface area contributed by atoms with E-state index in [2.05, 4.69) is 15.8 Å². The van der Waals surface area contributed by atoms with E-state index in [1.54, 1.807) is 24.3 Å². The van der Waals surface area contributed by atoms with Crippen LogP contribution in [0.25, 0.3) is 10.9 Å². The van der Waals surface area contributed by atoms with Gasteiger partial charge >= 0.3 is 0 Å². The number of hydrogen-bond acceptors (Lipinski definition) is 5. The third-order valence-corrected chi connectivity index (χ3v) is 5.96. The third kappa shape index (κ3) is 4.62. The van der Waals surface area contributed by atoms with Crippen LogP contribution in [0.3, 0.4) is 0 Å². The summed E-state index contributed by atoms with van der Waals surface area (Å²) in [4.78, 5) is 16.7. The summed E-state index contributed by atoms with van der Waals surface area (Å²) < 4.78 is 24.6. The molecule has 0 aliphatic carbocycles. The summed E-state index contributed by atoms with van der Waals surface area (Å²) in [5.41, 5.74) is 8.09. The first-order valence-corrected chi connectivity index (χ1v) is 10.2. The average molecular weight is 383 g/mol. The molecule has 0 aliphatic rings. The summed E-state index contributed by atoms with van der Waals surface area (Å²) in [7, 11) is -3.49. The van der Waals surface area contributed by atoms with Crippen molar-refractivity contribution in [2.24, 2.45) is 0 Å². The van der Waals surface area contributed by atoms with E-state index < -0.39 is 15.7 Å². The van der Waals surface area contributed by atoms with Crippen LogP contribution in [0.4, 0.5) is 5.82 Å². The molecule has 0 bridgehead atoms. The van der Waals surface area contributed by atoms with Crippen LogP contribution >= 0.6 is 0 Å². The van der Waals surface area contributed by atoms with Crippen molar-refractivity contribution in [1.82, 2.24) is 10.4 Å². The molecule has 0 spiro atoms. The van der Waals surface area contributed by atoms with Crippen LogP contribution in [0.15, 0.2) is 59.5 Å². The molecule has 1 amide bonds. The number of aryl methyl sites for hydroxylation is 2. The maximum atomic E-state index is 12.3. The topological polar surface area (TPSA) is 88.2 Å². The van der Waals surface area contributed by atoms with Crippen LogP contribution in [0, 0.1) is 13.8 Å². The van der Waals surface area contributed by atoms with Crippen LogP contribution in [0.1, 0.15) is 17.5 Å². The maximum Gasteiger partial charge on any atom is 0.239 e. The Morgan fingerprint density at radius 2 is 1.74 bits per heavy atom. The summed E-state index contributed by atoms with van der Waals surface area (Å²) in [6.45, 7) is 3.85. The second kappa shape index (κ2) is 7.75. The van der Waals surface area contributed by atoms with E-state index in [1.165, 1.54) is 0 Å². The van der Waals surface area contributed by atoms with Gasteiger partial charge in [-0.05, 0) is 43.7 Å². The van der Waals surface area contributed by atoms with Crippen molar-refractivity contribution in [3.8, 4) is 0 Å². The van der Waals surface area contributed by atoms with Crippen molar-refractivity contribution in [2.75, 3.05) is 11.2 Å². The predicted molar refractivity (Wildman–Crippen MR) is 106 cm³/mol. The van der Waals surface area contributed by atoms with Gasteiger partial charge in [-0.25, -0.2) is 13.4 Å². The molecule has 1 aromatic heterocycles. The fourth-order valence-corrected chi connectivity index (χ4v) is 3.94. The van der Waals surface area contributed by atoms with E-state index in [9.17, 15) is 13.2 Å². The number of rotatable bonds is 6. The summed E-state index contributed by atoms with van der Waals surface area (Å²) in [5.74, 6) is -0.174. The number of fused-ring (bicyclic) bond motifs is 1. The fraction of sp³-hybridized carbons (Fsp3) is 0.200. The summed E-state index contributed by atoms with van der Waals surface area (Å²) in [6, 6.07) is 16.1. The number of hydrogen-bond donors (Lipinski definition) is 2. The second-order valence-electron chi connectivity index (χ2n) is 6.40. The van der Waals surface area contributed by atoms with Gasteiger partial charge in [0.1, 0.15) is 5.82 Å². The number of nitrogens with one attached hydrogen (secondary N) is 2. The molecule has 0 atom stereocenters. The van der Waals surface area contributed by atoms with E-state index >= 15 is 0 Å². The van der Waals surface area contributed by atoms with E-state index in [-0.39, 0.29) is 17.1 Å². The standard InChI is InChI=1S/C20H21N3O3S/c1-14-7-9-16(10-8-14)27(25,26)12-11-20(24)23-22-19-13-15(2)17-5-3-4-6-18(17)21-19/h3-10,13H,11-12H2,1-2H3,(H,21,22)(H,23,24). The molecular weight excluding hydrogens is 362 g/mol. The van der Waals surface area contributed by atoms with Gasteiger partial charge in [0.25, 0.3) is 0 Å². The van der Waals surface area contributed by atoms with Gasteiger partial charge in [-0.2, -0.15) is 0 Å². The lowest BCUT2D eigenvalue weighted by atomic mass is 10.1. The summed E-state index contributed by atoms with van der Waals surface area (Å²) in [6.07, 6.45) is -0.143. The van der Waals surface area contributed by atoms with Gasteiger partial charge in [-0.1, -0.05) is 35.9 Å². The molecule has 3 rings (SSSR count). The second-order valence-corrected chi connectivity index (χ2v) is 8.51. The highest BCUT2D eigenvalue weighted by Gasteiger charge is 2.16. The van der Waals surface area contributed by atoms with Gasteiger partial charge in [-0.15, -0.1) is 0 Å². The number of carbonyl (C=O) groups excluding carboxylic acids is 1. The highest BCUT2D eigenvalue weighted by atomic mass is 32.2. The molecule has 3 aromatic rings. The Labute approximate surface area is 158 Å². The van der Waals surface area contributed by atoms with E-state index in [0.717, 1.165) is 22.0 Å². The van der Waals surface area contributed by atoms with Crippen LogP contribution < -0.4 is 10.9 Å². The zero-order chi connectivity index (χ0) is 19.4. The Morgan fingerprint density at radius 1 is 1.04 bits per heavy atom. The Bertz CT molecular complexity index is 1080. The molecule has 0 aliphatic heterocycles. The molecule has 0 fully saturated rings. The number of para-hydroxylation sites is 1. The Balaban J connectivity index is 1.59. The van der Waals surface area contributed by atoms with Gasteiger partial charge in [0.15, 0.2) is 9.84 Å². The number of amides is 1. The normalized spacial score (nSPS) is 11.3. The highest BCUT2D eigenvalue weighted by Crippen LogP contribution is 2.19. The Hall–Kier alpha value is -2.93. The Morgan fingerprint density at radius 3 is 2.48 bits per heavy atom. The molecule has 6 nitrogen and oxygen atoms in total. The van der Waals surface area contributed by atoms with Crippen molar-refractivity contribution in [3.63, 3.8) is 0 Å². The van der Waals surface area contributed by atoms with E-state index in [0.29, 0.717) is 5.82 Å². The van der Waals surface area contributed by atoms with Crippen LogP contribution in [-0.2, 0) is 14.6 Å². The largest absolute Gasteiger partial charge is 0.282 e. The van der Waals surface area contributed by atoms with Gasteiger partial charge in [0.2, 0.25) is 5.91 Å². The van der Waals surface area contributed by atoms with Crippen molar-refractivity contribution in [3.05, 3.63) is 65.7 Å². The van der Waals surface area contributed by atoms with Crippen LogP contribution in [0.5, 0.6) is 0 Å². The lowest BCUT2D eigenvalue weighted by Gasteiger charge is -2.10. The van der Waals surface area contributed by atoms with Crippen molar-refractivity contribution in [1.29, 1.82) is 0 Å². The van der Waals surface area contributed by atoms with E-state index in [4.69, 9.17) is 0 Å². The number of sulfone groups is 1. The maximum absolute atomic E-state index is 12.3. The van der Waals surface area contributed by atoms with Crippen molar-refractivity contribution in [2.45, 2.75) is 25.2 Å². The van der Waals surface area contributed by atoms with Crippen LogP contribution in [-0.4, -0.2) is 25.1 Å². The minimum atomic E-state index is -3.49. The number of benzene rings is 2. The molecule has 2 aromatic carbocycles. The summed E-state index contributed by atoms with van der Waals surface area (Å²) in [5, 5.41) is 1.04. The first-order valence-electron chi connectivity index (χ1n) is 8.56. The number of nitrogens with zero attached hydrogens (tertiary/aromatic N) is 1. The number of carbonyl (C=O) groups is 1. The van der Waals surface area contributed by atoms with Gasteiger partial charge < -0.3 is 0 Å². The van der Waals surface area contributed by atoms with Gasteiger partial charge in [0.05, 0.1) is 16.2 Å². The van der Waals surface area contributed by atoms with Gasteiger partial charge in [-0.3, -0.25) is 15.6 Å². The first-order chi connectivity index (χ1) is 12.8. The molecule has 27 heavy (non-hydrogen) atoms. The quantitative estimate of drug-likeness (QED) is 0.639. The zero-order valence-corrected chi connectivity index (χ0v) is 16.0. The monoisotopic (exact) mass is 383 g/mol. The highest BCUT2D eigenvalue weighted by molar-refractivity contribution is 7.91. The number of aromatic nitrogens is 1. The van der Waals surface area contributed by atoms with E-state index in [1.807, 2.05) is 44.2 Å². The average Bonchev–Trinajstić information content (AvgIpc) is 2.65. The minimum absolute atomic E-state index is 0.143. The number of pyridine rings is 1. The van der Waals surface area contributed by atoms with Crippen molar-refractivity contribution < 1.29 is 13.2 Å². The fourth-order valence-electron chi connectivity index (χ4n) is 2.70. The molecule has 0 saturated carbocycles. The van der Waals surface area contributed by atoms with Gasteiger partial charge in [0, 0.05) is 11.8 Å². The third-order valence-electron chi connectivity index (χ3n) is 4.23. The Kier molecular flexibility index (Phi) is 5.41. The molecular formula is C20H21N3O3S. The smallest absolute Gasteiger partial charge is 0.239 e. The molecule has 0 saturated heterocycles. The zero-order valence-electron chi connectivity index (χ0n) is 15.2. The minimum Gasteiger partial charge on any atom is -0.282 e. The molecule has 1 heterocycles. The number of hydrazine groups is 1. The van der Waals surface area contributed by atoms with Crippen LogP contribution in [0.2, 0.25) is 0 Å². The number of anilines is 1. The SMILES string of the molecule is Cc1ccc(S(=O)(=O)CCC(=O)NNc2cc(C)c3ccccc3n2)cc1. The summed E-state index contributed by atoms with van der Waals surface area (Å²) >= 11 is 0. The first kappa shape index (κ1) is 18.8. The molecule has 0 unspecified atom stereocenters. The predicted octanol–water partition coefficient (Wildman–Crippen LogP) is 3.16. The molecule has 0 radical (unpaired) electrons. The lowest BCUT2D eigenvalue weighted by Crippen LogP contribution is -2.31. The lowest BCUT2D eigenvalue weighted by molar-refractivity contribution is -0.120. The molecule has 140 valence electrons. The van der Waals surface area contributed by atoms with Crippen molar-refractivity contribution >= 4 is 32.5 Å². The molecule has 7 heteroatoms.